The van der Waals surface area contributed by atoms with Crippen molar-refractivity contribution < 1.29 is 17.1 Å². The van der Waals surface area contributed by atoms with Gasteiger partial charge in [0.25, 0.3) is 0 Å². The fraction of sp³-hybridized carbons (Fsp3) is 0.333. The average Bonchev–Trinajstić information content (AvgIpc) is 2.44. The molecule has 0 aliphatic rings. The van der Waals surface area contributed by atoms with Crippen molar-refractivity contribution in [3.63, 3.8) is 0 Å². The normalized spacial score (nSPS) is 10.8. The maximum atomic E-state index is 5.77. The molecule has 2 nitrogen and oxygen atoms in total. The highest BCUT2D eigenvalue weighted by Gasteiger charge is 2.08. The number of ether oxygens (including phenoxy) is 1. The molecule has 0 bridgehead atoms. The summed E-state index contributed by atoms with van der Waals surface area (Å²) in [5, 5.41) is 3.47. The summed E-state index contributed by atoms with van der Waals surface area (Å²) in [5.41, 5.74) is 2.60. The summed E-state index contributed by atoms with van der Waals surface area (Å²) < 4.78 is 5.77. The zero-order valence-corrected chi connectivity index (χ0v) is 13.7. The van der Waals surface area contributed by atoms with Crippen molar-refractivity contribution in [3.05, 3.63) is 65.7 Å². The zero-order chi connectivity index (χ0) is 14.4. The van der Waals surface area contributed by atoms with Crippen LogP contribution >= 0.6 is 0 Å². The predicted octanol–water partition coefficient (Wildman–Crippen LogP) is 1.16. The molecular weight excluding hydrogens is 282 g/mol. The quantitative estimate of drug-likeness (QED) is 0.895. The summed E-state index contributed by atoms with van der Waals surface area (Å²) >= 11 is 0. The molecule has 0 aliphatic heterocycles. The molecular formula is C18H23ClNO-. The molecule has 0 saturated carbocycles. The third kappa shape index (κ3) is 6.65. The molecule has 0 unspecified atom stereocenters. The fourth-order valence-corrected chi connectivity index (χ4v) is 1.81. The Bertz CT molecular complexity index is 517. The van der Waals surface area contributed by atoms with E-state index >= 15 is 0 Å². The van der Waals surface area contributed by atoms with Gasteiger partial charge in [0, 0.05) is 12.1 Å². The Morgan fingerprint density at radius 3 is 2.05 bits per heavy atom. The van der Waals surface area contributed by atoms with Gasteiger partial charge in [-0.1, -0.05) is 42.5 Å². The van der Waals surface area contributed by atoms with Crippen molar-refractivity contribution in [2.75, 3.05) is 0 Å². The Balaban J connectivity index is 0.00000220. The lowest BCUT2D eigenvalue weighted by Gasteiger charge is -2.20. The monoisotopic (exact) mass is 304 g/mol. The molecule has 0 spiro atoms. The van der Waals surface area contributed by atoms with Crippen LogP contribution in [0.4, 0.5) is 0 Å². The molecule has 0 fully saturated rings. The van der Waals surface area contributed by atoms with Crippen LogP contribution in [-0.4, -0.2) is 5.54 Å². The van der Waals surface area contributed by atoms with Crippen molar-refractivity contribution in [1.29, 1.82) is 0 Å². The largest absolute Gasteiger partial charge is 1.00 e. The molecule has 0 aromatic heterocycles. The van der Waals surface area contributed by atoms with Crippen molar-refractivity contribution >= 4 is 0 Å². The van der Waals surface area contributed by atoms with E-state index in [1.807, 2.05) is 30.3 Å². The highest BCUT2D eigenvalue weighted by Crippen LogP contribution is 2.14. The van der Waals surface area contributed by atoms with Crippen molar-refractivity contribution in [2.45, 2.75) is 39.5 Å². The van der Waals surface area contributed by atoms with Crippen molar-refractivity contribution in [1.82, 2.24) is 5.32 Å². The molecule has 3 heteroatoms. The van der Waals surface area contributed by atoms with Gasteiger partial charge in [0.2, 0.25) is 0 Å². The first-order valence-corrected chi connectivity index (χ1v) is 7.04. The molecule has 21 heavy (non-hydrogen) atoms. The lowest BCUT2D eigenvalue weighted by molar-refractivity contribution is -0.00000520. The summed E-state index contributed by atoms with van der Waals surface area (Å²) in [4.78, 5) is 0. The van der Waals surface area contributed by atoms with Gasteiger partial charge in [0.15, 0.2) is 0 Å². The lowest BCUT2D eigenvalue weighted by Crippen LogP contribution is -3.00. The minimum absolute atomic E-state index is 0. The number of hydrogen-bond acceptors (Lipinski definition) is 2. The molecule has 0 atom stereocenters. The van der Waals surface area contributed by atoms with E-state index in [0.717, 1.165) is 12.3 Å². The number of benzene rings is 2. The molecule has 1 N–H and O–H groups in total. The van der Waals surface area contributed by atoms with E-state index in [1.54, 1.807) is 0 Å². The van der Waals surface area contributed by atoms with Crippen LogP contribution in [0.3, 0.4) is 0 Å². The Morgan fingerprint density at radius 1 is 0.857 bits per heavy atom. The summed E-state index contributed by atoms with van der Waals surface area (Å²) in [6.45, 7) is 8.00. The Labute approximate surface area is 133 Å². The zero-order valence-electron chi connectivity index (χ0n) is 12.9. The third-order valence-corrected chi connectivity index (χ3v) is 2.99. The maximum absolute atomic E-state index is 5.77. The van der Waals surface area contributed by atoms with E-state index in [4.69, 9.17) is 4.74 Å². The molecule has 2 aromatic carbocycles. The van der Waals surface area contributed by atoms with Crippen LogP contribution in [0.2, 0.25) is 0 Å². The number of rotatable bonds is 5. The number of halogens is 1. The van der Waals surface area contributed by atoms with Gasteiger partial charge in [-0.3, -0.25) is 0 Å². The van der Waals surface area contributed by atoms with Gasteiger partial charge in [-0.15, -0.1) is 0 Å². The Morgan fingerprint density at radius 2 is 1.48 bits per heavy atom. The molecule has 0 heterocycles. The molecule has 0 saturated heterocycles. The fourth-order valence-electron chi connectivity index (χ4n) is 1.81. The van der Waals surface area contributed by atoms with E-state index in [-0.39, 0.29) is 17.9 Å². The van der Waals surface area contributed by atoms with Crippen LogP contribution in [0.15, 0.2) is 54.6 Å². The summed E-state index contributed by atoms with van der Waals surface area (Å²) in [5.74, 6) is 0.911. The van der Waals surface area contributed by atoms with Crippen LogP contribution in [0, 0.1) is 0 Å². The standard InChI is InChI=1S/C18H23NO.ClH/c1-18(2,3)19-13-15-9-11-17(12-10-15)20-14-16-7-5-4-6-8-16;/h4-12,19H,13-14H2,1-3H3;1H/p-1. The van der Waals surface area contributed by atoms with Gasteiger partial charge < -0.3 is 22.5 Å². The number of hydrogen-bond donors (Lipinski definition) is 1. The predicted molar refractivity (Wildman–Crippen MR) is 83.8 cm³/mol. The van der Waals surface area contributed by atoms with E-state index in [2.05, 4.69) is 50.4 Å². The van der Waals surface area contributed by atoms with Crippen LogP contribution in [0.25, 0.3) is 0 Å². The van der Waals surface area contributed by atoms with Crippen LogP contribution < -0.4 is 22.5 Å². The Hall–Kier alpha value is -1.51. The van der Waals surface area contributed by atoms with E-state index < -0.39 is 0 Å². The first-order valence-electron chi connectivity index (χ1n) is 7.04. The number of nitrogens with one attached hydrogen (secondary N) is 1. The van der Waals surface area contributed by atoms with Crippen LogP contribution in [-0.2, 0) is 13.2 Å². The highest BCUT2D eigenvalue weighted by molar-refractivity contribution is 5.27. The SMILES string of the molecule is CC(C)(C)NCc1ccc(OCc2ccccc2)cc1.[Cl-]. The molecule has 114 valence electrons. The first kappa shape index (κ1) is 17.5. The Kier molecular flexibility index (Phi) is 6.73. The van der Waals surface area contributed by atoms with E-state index in [9.17, 15) is 0 Å². The summed E-state index contributed by atoms with van der Waals surface area (Å²) in [6.07, 6.45) is 0. The summed E-state index contributed by atoms with van der Waals surface area (Å²) in [7, 11) is 0. The maximum Gasteiger partial charge on any atom is 0.119 e. The van der Waals surface area contributed by atoms with Gasteiger partial charge in [-0.05, 0) is 44.0 Å². The lowest BCUT2D eigenvalue weighted by atomic mass is 10.1. The van der Waals surface area contributed by atoms with E-state index in [1.165, 1.54) is 11.1 Å². The minimum atomic E-state index is 0. The topological polar surface area (TPSA) is 21.3 Å². The first-order chi connectivity index (χ1) is 9.53. The second-order valence-electron chi connectivity index (χ2n) is 6.02. The van der Waals surface area contributed by atoms with Gasteiger partial charge >= 0.3 is 0 Å². The molecule has 0 radical (unpaired) electrons. The smallest absolute Gasteiger partial charge is 0.119 e. The molecule has 2 aromatic rings. The summed E-state index contributed by atoms with van der Waals surface area (Å²) in [6, 6.07) is 18.5. The van der Waals surface area contributed by atoms with Crippen molar-refractivity contribution in [3.8, 4) is 5.75 Å². The second-order valence-corrected chi connectivity index (χ2v) is 6.02. The molecule has 0 aliphatic carbocycles. The van der Waals surface area contributed by atoms with Gasteiger partial charge in [-0.25, -0.2) is 0 Å². The van der Waals surface area contributed by atoms with Gasteiger partial charge in [0.1, 0.15) is 12.4 Å². The third-order valence-electron chi connectivity index (χ3n) is 2.99. The van der Waals surface area contributed by atoms with Gasteiger partial charge in [-0.2, -0.15) is 0 Å². The highest BCUT2D eigenvalue weighted by atomic mass is 35.5. The second kappa shape index (κ2) is 8.06. The minimum Gasteiger partial charge on any atom is -1.00 e. The molecule has 2 rings (SSSR count). The molecule has 0 amide bonds. The van der Waals surface area contributed by atoms with Crippen LogP contribution in [0.5, 0.6) is 5.75 Å². The van der Waals surface area contributed by atoms with Crippen LogP contribution in [0.1, 0.15) is 31.9 Å². The van der Waals surface area contributed by atoms with E-state index in [0.29, 0.717) is 6.61 Å². The average molecular weight is 305 g/mol. The van der Waals surface area contributed by atoms with Gasteiger partial charge in [0.05, 0.1) is 0 Å². The van der Waals surface area contributed by atoms with Crippen molar-refractivity contribution in [2.24, 2.45) is 0 Å².